The number of hydrogen-bond acceptors (Lipinski definition) is 4. The lowest BCUT2D eigenvalue weighted by Gasteiger charge is -2.14. The van der Waals surface area contributed by atoms with Crippen LogP contribution >= 0.6 is 0 Å². The lowest BCUT2D eigenvalue weighted by molar-refractivity contribution is -0.165. The van der Waals surface area contributed by atoms with E-state index in [2.05, 4.69) is 4.74 Å². The van der Waals surface area contributed by atoms with E-state index in [9.17, 15) is 14.8 Å². The third-order valence-electron chi connectivity index (χ3n) is 3.49. The first-order chi connectivity index (χ1) is 10.6. The minimum absolute atomic E-state index is 0.196. The average Bonchev–Trinajstić information content (AvgIpc) is 2.56. The van der Waals surface area contributed by atoms with Crippen molar-refractivity contribution in [2.24, 2.45) is 0 Å². The molecular formula is C17H25NO4. The van der Waals surface area contributed by atoms with Crippen LogP contribution in [0.1, 0.15) is 44.1 Å². The number of unbranched alkanes of at least 4 members (excludes halogenated alkanes) is 3. The van der Waals surface area contributed by atoms with Crippen molar-refractivity contribution in [3.63, 3.8) is 0 Å². The second-order valence-corrected chi connectivity index (χ2v) is 5.24. The van der Waals surface area contributed by atoms with Gasteiger partial charge in [-0.2, -0.15) is 0 Å². The molecule has 0 fully saturated rings. The van der Waals surface area contributed by atoms with Crippen molar-refractivity contribution in [3.05, 3.63) is 35.9 Å². The topological polar surface area (TPSA) is 66.8 Å². The van der Waals surface area contributed by atoms with Gasteiger partial charge in [0, 0.05) is 12.8 Å². The first-order valence-electron chi connectivity index (χ1n) is 7.73. The summed E-state index contributed by atoms with van der Waals surface area (Å²) < 4.78 is 4.56. The van der Waals surface area contributed by atoms with Crippen molar-refractivity contribution in [1.82, 2.24) is 5.06 Å². The fourth-order valence-corrected chi connectivity index (χ4v) is 2.13. The monoisotopic (exact) mass is 307 g/mol. The molecule has 1 aromatic carbocycles. The molecule has 0 aromatic heterocycles. The molecule has 0 saturated heterocycles. The molecule has 0 aliphatic rings. The summed E-state index contributed by atoms with van der Waals surface area (Å²) >= 11 is 0. The Balaban J connectivity index is 2.07. The van der Waals surface area contributed by atoms with Crippen molar-refractivity contribution in [2.75, 3.05) is 13.7 Å². The molecule has 1 N–H and O–H groups in total. The van der Waals surface area contributed by atoms with Crippen LogP contribution in [0.5, 0.6) is 0 Å². The first-order valence-corrected chi connectivity index (χ1v) is 7.73. The molecule has 1 aromatic rings. The normalized spacial score (nSPS) is 10.3. The van der Waals surface area contributed by atoms with Gasteiger partial charge in [-0.1, -0.05) is 43.2 Å². The third-order valence-corrected chi connectivity index (χ3v) is 3.49. The van der Waals surface area contributed by atoms with Gasteiger partial charge in [0.2, 0.25) is 5.91 Å². The van der Waals surface area contributed by atoms with Gasteiger partial charge in [-0.3, -0.25) is 14.8 Å². The van der Waals surface area contributed by atoms with Crippen molar-refractivity contribution in [1.29, 1.82) is 0 Å². The number of carbonyl (C=O) groups excluding carboxylic acids is 2. The van der Waals surface area contributed by atoms with E-state index < -0.39 is 0 Å². The molecule has 0 saturated carbocycles. The number of benzene rings is 1. The van der Waals surface area contributed by atoms with E-state index in [-0.39, 0.29) is 11.9 Å². The van der Waals surface area contributed by atoms with E-state index in [0.717, 1.165) is 36.3 Å². The van der Waals surface area contributed by atoms with Gasteiger partial charge < -0.3 is 4.74 Å². The number of methoxy groups -OCH3 is 1. The molecule has 0 heterocycles. The van der Waals surface area contributed by atoms with Gasteiger partial charge in [-0.05, 0) is 24.8 Å². The van der Waals surface area contributed by atoms with Crippen molar-refractivity contribution >= 4 is 11.9 Å². The smallest absolute Gasteiger partial charge is 0.305 e. The minimum atomic E-state index is -0.246. The number of hydrogen-bond donors (Lipinski definition) is 1. The fraction of sp³-hybridized carbons (Fsp3) is 0.529. The molecule has 22 heavy (non-hydrogen) atoms. The van der Waals surface area contributed by atoms with Gasteiger partial charge >= 0.3 is 5.97 Å². The SMILES string of the molecule is COC(=O)CCCCCCC(=O)N(O)CCc1ccccc1. The lowest BCUT2D eigenvalue weighted by Crippen LogP contribution is -2.29. The molecular weight excluding hydrogens is 282 g/mol. The number of hydroxylamine groups is 2. The standard InChI is InChI=1S/C17H25NO4/c1-22-17(20)12-8-3-2-7-11-16(19)18(21)14-13-15-9-5-4-6-10-15/h4-6,9-10,21H,2-3,7-8,11-14H2,1H3. The maximum atomic E-state index is 11.8. The van der Waals surface area contributed by atoms with Crippen molar-refractivity contribution < 1.29 is 19.5 Å². The number of esters is 1. The predicted octanol–water partition coefficient (Wildman–Crippen LogP) is 2.96. The Kier molecular flexibility index (Phi) is 8.91. The zero-order valence-electron chi connectivity index (χ0n) is 13.2. The van der Waals surface area contributed by atoms with Gasteiger partial charge in [0.25, 0.3) is 0 Å². The maximum absolute atomic E-state index is 11.8. The van der Waals surface area contributed by atoms with E-state index in [4.69, 9.17) is 0 Å². The highest BCUT2D eigenvalue weighted by Crippen LogP contribution is 2.08. The number of rotatable bonds is 10. The number of amides is 1. The summed E-state index contributed by atoms with van der Waals surface area (Å²) in [6.07, 6.45) is 4.66. The van der Waals surface area contributed by atoms with Crippen molar-refractivity contribution in [3.8, 4) is 0 Å². The summed E-state index contributed by atoms with van der Waals surface area (Å²) in [7, 11) is 1.38. The highest BCUT2D eigenvalue weighted by molar-refractivity contribution is 5.74. The predicted molar refractivity (Wildman–Crippen MR) is 83.4 cm³/mol. The van der Waals surface area contributed by atoms with Crippen LogP contribution in [0.2, 0.25) is 0 Å². The van der Waals surface area contributed by atoms with E-state index >= 15 is 0 Å². The fourth-order valence-electron chi connectivity index (χ4n) is 2.13. The lowest BCUT2D eigenvalue weighted by atomic mass is 10.1. The zero-order chi connectivity index (χ0) is 16.2. The number of ether oxygens (including phenoxy) is 1. The Bertz CT molecular complexity index is 447. The highest BCUT2D eigenvalue weighted by Gasteiger charge is 2.10. The molecule has 5 nitrogen and oxygen atoms in total. The van der Waals surface area contributed by atoms with E-state index in [1.54, 1.807) is 0 Å². The molecule has 0 atom stereocenters. The summed E-state index contributed by atoms with van der Waals surface area (Å²) in [6, 6.07) is 9.76. The second kappa shape index (κ2) is 10.8. The molecule has 1 rings (SSSR count). The molecule has 5 heteroatoms. The van der Waals surface area contributed by atoms with Gasteiger partial charge in [-0.25, -0.2) is 5.06 Å². The highest BCUT2D eigenvalue weighted by atomic mass is 16.5. The Labute approximate surface area is 131 Å². The van der Waals surface area contributed by atoms with Crippen molar-refractivity contribution in [2.45, 2.75) is 44.9 Å². The van der Waals surface area contributed by atoms with Gasteiger partial charge in [0.05, 0.1) is 13.7 Å². The molecule has 0 unspecified atom stereocenters. The minimum Gasteiger partial charge on any atom is -0.469 e. The Morgan fingerprint density at radius 2 is 1.68 bits per heavy atom. The molecule has 122 valence electrons. The van der Waals surface area contributed by atoms with Crippen LogP contribution in [0.4, 0.5) is 0 Å². The third kappa shape index (κ3) is 7.78. The number of carbonyl (C=O) groups is 2. The summed E-state index contributed by atoms with van der Waals surface area (Å²) in [5.74, 6) is -0.442. The number of nitrogens with zero attached hydrogens (tertiary/aromatic N) is 1. The summed E-state index contributed by atoms with van der Waals surface area (Å²) in [5.41, 5.74) is 1.09. The van der Waals surface area contributed by atoms with Gasteiger partial charge in [0.1, 0.15) is 0 Å². The Hall–Kier alpha value is -1.88. The van der Waals surface area contributed by atoms with Crippen LogP contribution in [-0.2, 0) is 20.7 Å². The Morgan fingerprint density at radius 1 is 1.05 bits per heavy atom. The van der Waals surface area contributed by atoms with Crippen LogP contribution in [0, 0.1) is 0 Å². The molecule has 0 spiro atoms. The zero-order valence-corrected chi connectivity index (χ0v) is 13.2. The van der Waals surface area contributed by atoms with Gasteiger partial charge in [0.15, 0.2) is 0 Å². The van der Waals surface area contributed by atoms with Crippen LogP contribution in [0.25, 0.3) is 0 Å². The summed E-state index contributed by atoms with van der Waals surface area (Å²) in [6.45, 7) is 0.311. The quantitative estimate of drug-likeness (QED) is 0.312. The maximum Gasteiger partial charge on any atom is 0.305 e. The molecule has 0 radical (unpaired) electrons. The molecule has 1 amide bonds. The van der Waals surface area contributed by atoms with Gasteiger partial charge in [-0.15, -0.1) is 0 Å². The largest absolute Gasteiger partial charge is 0.469 e. The van der Waals surface area contributed by atoms with E-state index in [1.165, 1.54) is 7.11 Å². The van der Waals surface area contributed by atoms with E-state index in [1.807, 2.05) is 30.3 Å². The second-order valence-electron chi connectivity index (χ2n) is 5.24. The Morgan fingerprint density at radius 3 is 2.32 bits per heavy atom. The molecule has 0 aliphatic heterocycles. The molecule has 0 bridgehead atoms. The van der Waals surface area contributed by atoms with E-state index in [0.29, 0.717) is 25.8 Å². The van der Waals surface area contributed by atoms with Crippen LogP contribution < -0.4 is 0 Å². The average molecular weight is 307 g/mol. The first kappa shape index (κ1) is 18.2. The molecule has 0 aliphatic carbocycles. The van der Waals surface area contributed by atoms with Crippen LogP contribution in [0.3, 0.4) is 0 Å². The summed E-state index contributed by atoms with van der Waals surface area (Å²) in [4.78, 5) is 22.7. The van der Waals surface area contributed by atoms with Crippen LogP contribution in [-0.4, -0.2) is 35.8 Å². The van der Waals surface area contributed by atoms with Crippen LogP contribution in [0.15, 0.2) is 30.3 Å². The summed E-state index contributed by atoms with van der Waals surface area (Å²) in [5, 5.41) is 10.5.